The van der Waals surface area contributed by atoms with Gasteiger partial charge in [-0.3, -0.25) is 9.50 Å². The highest BCUT2D eigenvalue weighted by Gasteiger charge is 2.37. The van der Waals surface area contributed by atoms with Crippen LogP contribution in [0.3, 0.4) is 0 Å². The maximum absolute atomic E-state index is 13.0. The van der Waals surface area contributed by atoms with Crippen molar-refractivity contribution in [3.05, 3.63) is 36.3 Å². The fourth-order valence-electron chi connectivity index (χ4n) is 3.63. The predicted molar refractivity (Wildman–Crippen MR) is 104 cm³/mol. The highest BCUT2D eigenvalue weighted by Crippen LogP contribution is 2.32. The Hall–Kier alpha value is -3.32. The van der Waals surface area contributed by atoms with Crippen LogP contribution in [0.2, 0.25) is 0 Å². The van der Waals surface area contributed by atoms with Crippen LogP contribution >= 0.6 is 0 Å². The van der Waals surface area contributed by atoms with Crippen LogP contribution in [0.4, 0.5) is 13.2 Å². The maximum atomic E-state index is 13.0. The molecule has 1 unspecified atom stereocenters. The second-order valence-corrected chi connectivity index (χ2v) is 7.39. The monoisotopic (exact) mass is 448 g/mol. The van der Waals surface area contributed by atoms with Crippen molar-refractivity contribution in [1.29, 1.82) is 0 Å². The molecular weight excluding hydrogens is 429 g/mol. The Labute approximate surface area is 179 Å². The van der Waals surface area contributed by atoms with Crippen molar-refractivity contribution < 1.29 is 22.6 Å². The molecule has 0 aromatic carbocycles. The molecule has 32 heavy (non-hydrogen) atoms. The lowest BCUT2D eigenvalue weighted by Crippen LogP contribution is -2.09. The topological polar surface area (TPSA) is 119 Å². The van der Waals surface area contributed by atoms with Gasteiger partial charge >= 0.3 is 6.18 Å². The second kappa shape index (κ2) is 8.31. The van der Waals surface area contributed by atoms with E-state index < -0.39 is 12.0 Å². The summed E-state index contributed by atoms with van der Waals surface area (Å²) >= 11 is 0. The van der Waals surface area contributed by atoms with Crippen molar-refractivity contribution in [2.45, 2.75) is 38.1 Å². The van der Waals surface area contributed by atoms with Crippen molar-refractivity contribution in [3.63, 3.8) is 0 Å². The number of hydrogen-bond acceptors (Lipinski definition) is 7. The van der Waals surface area contributed by atoms with Crippen LogP contribution in [0.5, 0.6) is 0 Å². The number of halogens is 3. The van der Waals surface area contributed by atoms with Gasteiger partial charge in [0.15, 0.2) is 5.82 Å². The van der Waals surface area contributed by atoms with E-state index in [2.05, 4.69) is 35.1 Å². The molecule has 4 aromatic rings. The Balaban J connectivity index is 1.44. The molecule has 4 aromatic heterocycles. The van der Waals surface area contributed by atoms with Gasteiger partial charge in [-0.1, -0.05) is 0 Å². The molecule has 168 valence electrons. The first-order chi connectivity index (χ1) is 15.5. The molecule has 1 fully saturated rings. The number of nitrogens with one attached hydrogen (secondary N) is 2. The van der Waals surface area contributed by atoms with Crippen LogP contribution in [-0.2, 0) is 22.3 Å². The average molecular weight is 448 g/mol. The zero-order chi connectivity index (χ0) is 22.1. The zero-order valence-electron chi connectivity index (χ0n) is 16.8. The van der Waals surface area contributed by atoms with E-state index in [1.54, 1.807) is 23.0 Å². The van der Waals surface area contributed by atoms with Gasteiger partial charge in [-0.15, -0.1) is 5.10 Å². The number of H-pyrrole nitrogens is 2. The number of nitrogens with zero attached hydrogens (tertiary/aromatic N) is 6. The highest BCUT2D eigenvalue weighted by atomic mass is 19.4. The van der Waals surface area contributed by atoms with Crippen molar-refractivity contribution in [3.8, 4) is 22.9 Å². The number of imidazole rings is 2. The number of aromatic amines is 2. The summed E-state index contributed by atoms with van der Waals surface area (Å²) in [4.78, 5) is 19.2. The summed E-state index contributed by atoms with van der Waals surface area (Å²) in [7, 11) is 0. The van der Waals surface area contributed by atoms with Gasteiger partial charge in [-0.25, -0.2) is 19.9 Å². The molecule has 5 heterocycles. The first kappa shape index (κ1) is 20.6. The summed E-state index contributed by atoms with van der Waals surface area (Å²) in [5.74, 6) is -1.10. The lowest BCUT2D eigenvalue weighted by atomic mass is 10.2. The zero-order valence-corrected chi connectivity index (χ0v) is 16.8. The van der Waals surface area contributed by atoms with Gasteiger partial charge in [0.05, 0.1) is 30.9 Å². The van der Waals surface area contributed by atoms with Crippen LogP contribution in [0.1, 0.15) is 30.7 Å². The van der Waals surface area contributed by atoms with Gasteiger partial charge in [0.25, 0.3) is 5.82 Å². The van der Waals surface area contributed by atoms with Crippen molar-refractivity contribution in [2.75, 3.05) is 13.2 Å². The molecule has 5 rings (SSSR count). The largest absolute Gasteiger partial charge is 0.453 e. The van der Waals surface area contributed by atoms with E-state index in [4.69, 9.17) is 9.47 Å². The van der Waals surface area contributed by atoms with E-state index in [0.29, 0.717) is 24.6 Å². The lowest BCUT2D eigenvalue weighted by molar-refractivity contribution is -0.144. The smallest absolute Gasteiger partial charge is 0.378 e. The molecule has 0 spiro atoms. The van der Waals surface area contributed by atoms with Gasteiger partial charge in [0.1, 0.15) is 11.4 Å². The van der Waals surface area contributed by atoms with Crippen LogP contribution in [0.15, 0.2) is 24.9 Å². The number of ether oxygens (including phenoxy) is 2. The molecule has 1 atom stereocenters. The van der Waals surface area contributed by atoms with Gasteiger partial charge in [-0.2, -0.15) is 13.2 Å². The number of rotatable bonds is 7. The van der Waals surface area contributed by atoms with Crippen LogP contribution < -0.4 is 0 Å². The summed E-state index contributed by atoms with van der Waals surface area (Å²) < 4.78 is 51.9. The van der Waals surface area contributed by atoms with Crippen LogP contribution in [0.25, 0.3) is 28.7 Å². The third-order valence-corrected chi connectivity index (χ3v) is 5.13. The number of alkyl halides is 3. The molecule has 2 N–H and O–H groups in total. The van der Waals surface area contributed by atoms with Gasteiger partial charge in [0, 0.05) is 31.2 Å². The molecule has 0 bridgehead atoms. The minimum atomic E-state index is -4.67. The third-order valence-electron chi connectivity index (χ3n) is 5.13. The predicted octanol–water partition coefficient (Wildman–Crippen LogP) is 3.01. The van der Waals surface area contributed by atoms with Gasteiger partial charge in [-0.05, 0) is 19.3 Å². The van der Waals surface area contributed by atoms with Gasteiger partial charge in [0.2, 0.25) is 5.78 Å². The van der Waals surface area contributed by atoms with E-state index in [-0.39, 0.29) is 23.4 Å². The Morgan fingerprint density at radius 1 is 1.25 bits per heavy atom. The lowest BCUT2D eigenvalue weighted by Gasteiger charge is -2.10. The van der Waals surface area contributed by atoms with Crippen molar-refractivity contribution >= 4 is 5.78 Å². The minimum Gasteiger partial charge on any atom is -0.378 e. The van der Waals surface area contributed by atoms with Crippen LogP contribution in [-0.4, -0.2) is 58.8 Å². The van der Waals surface area contributed by atoms with Crippen LogP contribution in [0, 0.1) is 0 Å². The SMILES string of the molecule is FC(F)(F)c1n[nH]c(-c2nc3ncc(COCCC4CCCO4)cn3c2-c2cnc[nH]2)n1. The second-order valence-electron chi connectivity index (χ2n) is 7.39. The van der Waals surface area contributed by atoms with E-state index in [1.165, 1.54) is 6.33 Å². The number of fused-ring (bicyclic) bond motifs is 1. The molecule has 13 heteroatoms. The van der Waals surface area contributed by atoms with E-state index in [1.807, 2.05) is 0 Å². The fourth-order valence-corrected chi connectivity index (χ4v) is 3.63. The summed E-state index contributed by atoms with van der Waals surface area (Å²) in [6, 6.07) is 0. The molecular formula is C19H19F3N8O2. The number of aromatic nitrogens is 8. The number of hydrogen-bond donors (Lipinski definition) is 2. The summed E-state index contributed by atoms with van der Waals surface area (Å²) in [5.41, 5.74) is 1.94. The highest BCUT2D eigenvalue weighted by molar-refractivity contribution is 5.76. The molecule has 0 aliphatic carbocycles. The standard InChI is InChI=1S/C19H19F3N8O2/c20-19(21,22)17-27-16(28-29-17)14-15(13-7-23-10-25-13)30-8-11(6-24-18(30)26-14)9-31-5-3-12-2-1-4-32-12/h6-8,10,12H,1-5,9H2,(H,23,25)(H,27,28,29). The Kier molecular flexibility index (Phi) is 5.35. The third kappa shape index (κ3) is 4.08. The average Bonchev–Trinajstić information content (AvgIpc) is 3.55. The molecule has 0 amide bonds. The van der Waals surface area contributed by atoms with E-state index in [0.717, 1.165) is 31.4 Å². The Bertz CT molecular complexity index is 1200. The summed E-state index contributed by atoms with van der Waals surface area (Å²) in [6.07, 6.45) is 4.96. The molecule has 1 saturated heterocycles. The quantitative estimate of drug-likeness (QED) is 0.417. The Morgan fingerprint density at radius 3 is 2.88 bits per heavy atom. The van der Waals surface area contributed by atoms with E-state index >= 15 is 0 Å². The molecule has 0 saturated carbocycles. The molecule has 1 aliphatic rings. The van der Waals surface area contributed by atoms with Gasteiger partial charge < -0.3 is 14.5 Å². The van der Waals surface area contributed by atoms with E-state index in [9.17, 15) is 13.2 Å². The Morgan fingerprint density at radius 2 is 2.16 bits per heavy atom. The van der Waals surface area contributed by atoms with Crippen molar-refractivity contribution in [1.82, 2.24) is 39.5 Å². The summed E-state index contributed by atoms with van der Waals surface area (Å²) in [6.45, 7) is 1.69. The molecule has 1 aliphatic heterocycles. The first-order valence-electron chi connectivity index (χ1n) is 10.0. The first-order valence-corrected chi connectivity index (χ1v) is 10.0. The minimum absolute atomic E-state index is 0.123. The molecule has 10 nitrogen and oxygen atoms in total. The molecule has 0 radical (unpaired) electrons. The normalized spacial score (nSPS) is 16.9. The van der Waals surface area contributed by atoms with Crippen molar-refractivity contribution in [2.24, 2.45) is 0 Å². The summed E-state index contributed by atoms with van der Waals surface area (Å²) in [5, 5.41) is 5.59. The fraction of sp³-hybridized carbons (Fsp3) is 0.421. The maximum Gasteiger partial charge on any atom is 0.453 e.